The Labute approximate surface area is 155 Å². The average molecular weight is 372 g/mol. The zero-order chi connectivity index (χ0) is 18.5. The number of pyridine rings is 1. The van der Waals surface area contributed by atoms with Crippen LogP contribution in [0.5, 0.6) is 0 Å². The Hall–Kier alpha value is -2.68. The molecule has 0 aromatic carbocycles. The van der Waals surface area contributed by atoms with Crippen molar-refractivity contribution in [2.24, 2.45) is 0 Å². The van der Waals surface area contributed by atoms with Gasteiger partial charge in [-0.3, -0.25) is 15.1 Å². The largest absolute Gasteiger partial charge is 0.338 e. The van der Waals surface area contributed by atoms with Crippen LogP contribution in [0, 0.1) is 6.92 Å². The van der Waals surface area contributed by atoms with E-state index in [4.69, 9.17) is 4.52 Å². The van der Waals surface area contributed by atoms with Gasteiger partial charge in [0.05, 0.1) is 10.9 Å². The van der Waals surface area contributed by atoms with E-state index in [1.165, 1.54) is 11.8 Å². The number of rotatable bonds is 7. The van der Waals surface area contributed by atoms with Crippen molar-refractivity contribution in [3.05, 3.63) is 36.3 Å². The maximum atomic E-state index is 12.4. The van der Waals surface area contributed by atoms with Crippen molar-refractivity contribution in [2.75, 3.05) is 5.32 Å². The molecular formula is C17H20N6O2S. The van der Waals surface area contributed by atoms with Gasteiger partial charge in [-0.25, -0.2) is 0 Å². The fraction of sp³-hybridized carbons (Fsp3) is 0.353. The third-order valence-corrected chi connectivity index (χ3v) is 4.71. The van der Waals surface area contributed by atoms with Gasteiger partial charge in [0.2, 0.25) is 11.8 Å². The Bertz CT molecular complexity index is 877. The van der Waals surface area contributed by atoms with Gasteiger partial charge < -0.3 is 9.09 Å². The highest BCUT2D eigenvalue weighted by Crippen LogP contribution is 2.27. The van der Waals surface area contributed by atoms with E-state index >= 15 is 0 Å². The van der Waals surface area contributed by atoms with Crippen LogP contribution in [0.15, 0.2) is 40.3 Å². The first-order valence-electron chi connectivity index (χ1n) is 8.33. The first kappa shape index (κ1) is 18.1. The maximum absolute atomic E-state index is 12.4. The molecule has 3 heterocycles. The van der Waals surface area contributed by atoms with Gasteiger partial charge in [0.1, 0.15) is 0 Å². The lowest BCUT2D eigenvalue weighted by molar-refractivity contribution is -0.115. The molecule has 0 aliphatic rings. The molecule has 1 N–H and O–H groups in total. The summed E-state index contributed by atoms with van der Waals surface area (Å²) in [5, 5.41) is 15.4. The highest BCUT2D eigenvalue weighted by molar-refractivity contribution is 8.00. The molecule has 1 amide bonds. The van der Waals surface area contributed by atoms with Crippen molar-refractivity contribution in [1.82, 2.24) is 24.9 Å². The number of anilines is 1. The monoisotopic (exact) mass is 372 g/mol. The minimum atomic E-state index is -0.370. The molecule has 9 heteroatoms. The fourth-order valence-corrected chi connectivity index (χ4v) is 3.25. The van der Waals surface area contributed by atoms with Gasteiger partial charge in [-0.2, -0.15) is 0 Å². The van der Waals surface area contributed by atoms with E-state index in [1.54, 1.807) is 25.4 Å². The summed E-state index contributed by atoms with van der Waals surface area (Å²) in [7, 11) is 0. The van der Waals surface area contributed by atoms with E-state index in [1.807, 2.05) is 23.6 Å². The number of thioether (sulfide) groups is 1. The Balaban J connectivity index is 1.76. The summed E-state index contributed by atoms with van der Waals surface area (Å²) in [6.45, 7) is 6.47. The molecule has 0 fully saturated rings. The minimum Gasteiger partial charge on any atom is -0.338 e. The summed E-state index contributed by atoms with van der Waals surface area (Å²) in [5.74, 6) is 0.935. The molecule has 3 aromatic rings. The average Bonchev–Trinajstić information content (AvgIpc) is 3.22. The van der Waals surface area contributed by atoms with Crippen molar-refractivity contribution in [3.63, 3.8) is 0 Å². The number of hydrogen-bond donors (Lipinski definition) is 1. The summed E-state index contributed by atoms with van der Waals surface area (Å²) in [6, 6.07) is 5.47. The molecule has 0 saturated heterocycles. The van der Waals surface area contributed by atoms with Crippen LogP contribution in [-0.4, -0.2) is 36.1 Å². The third-order valence-electron chi connectivity index (χ3n) is 3.63. The first-order chi connectivity index (χ1) is 12.6. The van der Waals surface area contributed by atoms with E-state index in [-0.39, 0.29) is 11.2 Å². The molecule has 0 aliphatic carbocycles. The van der Waals surface area contributed by atoms with E-state index in [9.17, 15) is 4.79 Å². The smallest absolute Gasteiger partial charge is 0.240 e. The number of aromatic nitrogens is 5. The number of carbonyl (C=O) groups is 1. The van der Waals surface area contributed by atoms with E-state index < -0.39 is 0 Å². The molecule has 0 radical (unpaired) electrons. The highest BCUT2D eigenvalue weighted by Gasteiger charge is 2.21. The van der Waals surface area contributed by atoms with Gasteiger partial charge in [-0.05, 0) is 32.4 Å². The molecule has 136 valence electrons. The third kappa shape index (κ3) is 4.10. The predicted molar refractivity (Wildman–Crippen MR) is 98.7 cm³/mol. The summed E-state index contributed by atoms with van der Waals surface area (Å²) in [6.07, 6.45) is 4.38. The van der Waals surface area contributed by atoms with Crippen molar-refractivity contribution in [1.29, 1.82) is 0 Å². The zero-order valence-corrected chi connectivity index (χ0v) is 15.7. The van der Waals surface area contributed by atoms with Crippen LogP contribution in [0.2, 0.25) is 0 Å². The predicted octanol–water partition coefficient (Wildman–Crippen LogP) is 3.17. The second kappa shape index (κ2) is 8.13. The van der Waals surface area contributed by atoms with Crippen molar-refractivity contribution in [3.8, 4) is 11.4 Å². The number of aryl methyl sites for hydroxylation is 1. The molecule has 3 aromatic heterocycles. The summed E-state index contributed by atoms with van der Waals surface area (Å²) < 4.78 is 7.06. The lowest BCUT2D eigenvalue weighted by atomic mass is 10.2. The fourth-order valence-electron chi connectivity index (χ4n) is 2.37. The quantitative estimate of drug-likeness (QED) is 0.636. The van der Waals surface area contributed by atoms with Gasteiger partial charge >= 0.3 is 0 Å². The second-order valence-electron chi connectivity index (χ2n) is 5.78. The van der Waals surface area contributed by atoms with Gasteiger partial charge in [-0.1, -0.05) is 23.8 Å². The molecule has 0 spiro atoms. The van der Waals surface area contributed by atoms with Gasteiger partial charge in [0, 0.05) is 30.6 Å². The molecule has 0 bridgehead atoms. The first-order valence-corrected chi connectivity index (χ1v) is 9.21. The second-order valence-corrected chi connectivity index (χ2v) is 7.08. The Morgan fingerprint density at radius 1 is 1.35 bits per heavy atom. The normalized spacial score (nSPS) is 12.1. The Morgan fingerprint density at radius 2 is 2.12 bits per heavy atom. The molecule has 1 atom stereocenters. The van der Waals surface area contributed by atoms with Crippen LogP contribution in [0.25, 0.3) is 11.4 Å². The lowest BCUT2D eigenvalue weighted by Gasteiger charge is -2.12. The molecule has 3 rings (SSSR count). The van der Waals surface area contributed by atoms with Crippen LogP contribution < -0.4 is 5.32 Å². The summed E-state index contributed by atoms with van der Waals surface area (Å²) in [4.78, 5) is 16.4. The molecule has 1 unspecified atom stereocenters. The van der Waals surface area contributed by atoms with E-state index in [0.29, 0.717) is 16.7 Å². The molecule has 0 aliphatic heterocycles. The van der Waals surface area contributed by atoms with Gasteiger partial charge in [-0.15, -0.1) is 10.2 Å². The number of hydrogen-bond acceptors (Lipinski definition) is 7. The lowest BCUT2D eigenvalue weighted by Crippen LogP contribution is -2.22. The van der Waals surface area contributed by atoms with Crippen LogP contribution in [0.4, 0.5) is 5.88 Å². The number of carbonyl (C=O) groups excluding carboxylic acids is 1. The van der Waals surface area contributed by atoms with Crippen LogP contribution >= 0.6 is 11.8 Å². The molecule has 0 saturated carbocycles. The van der Waals surface area contributed by atoms with Gasteiger partial charge in [0.25, 0.3) is 0 Å². The maximum Gasteiger partial charge on any atom is 0.240 e. The number of nitrogens with zero attached hydrogens (tertiary/aromatic N) is 5. The highest BCUT2D eigenvalue weighted by atomic mass is 32.2. The minimum absolute atomic E-state index is 0.178. The number of nitrogens with one attached hydrogen (secondary N) is 1. The summed E-state index contributed by atoms with van der Waals surface area (Å²) >= 11 is 1.36. The van der Waals surface area contributed by atoms with Crippen LogP contribution in [0.3, 0.4) is 0 Å². The molecule has 8 nitrogen and oxygen atoms in total. The standard InChI is InChI=1S/C17H20N6O2S/c1-4-9-23-15(13-5-7-18-8-6-13)20-21-17(23)26-12(3)16(24)19-14-10-11(2)22-25-14/h5-8,10,12H,4,9H2,1-3H3,(H,19,24). The molecular weight excluding hydrogens is 352 g/mol. The van der Waals surface area contributed by atoms with Crippen molar-refractivity contribution < 1.29 is 9.32 Å². The van der Waals surface area contributed by atoms with Gasteiger partial charge in [0.15, 0.2) is 11.0 Å². The number of amides is 1. The summed E-state index contributed by atoms with van der Waals surface area (Å²) in [5.41, 5.74) is 1.66. The molecule has 26 heavy (non-hydrogen) atoms. The van der Waals surface area contributed by atoms with Crippen LogP contribution in [0.1, 0.15) is 26.0 Å². The Morgan fingerprint density at radius 3 is 2.77 bits per heavy atom. The topological polar surface area (TPSA) is 98.7 Å². The van der Waals surface area contributed by atoms with Crippen LogP contribution in [-0.2, 0) is 11.3 Å². The van der Waals surface area contributed by atoms with Crippen molar-refractivity contribution >= 4 is 23.6 Å². The van der Waals surface area contributed by atoms with E-state index in [2.05, 4.69) is 32.6 Å². The van der Waals surface area contributed by atoms with E-state index in [0.717, 1.165) is 24.4 Å². The van der Waals surface area contributed by atoms with Crippen molar-refractivity contribution in [2.45, 2.75) is 44.1 Å². The SMILES string of the molecule is CCCn1c(SC(C)C(=O)Nc2cc(C)no2)nnc1-c1ccncc1. The Kier molecular flexibility index (Phi) is 5.67. The zero-order valence-electron chi connectivity index (χ0n) is 14.8.